The fraction of sp³-hybridized carbons (Fsp3) is 0.200. The van der Waals surface area contributed by atoms with Crippen LogP contribution in [0, 0.1) is 6.42 Å². The summed E-state index contributed by atoms with van der Waals surface area (Å²) in [6, 6.07) is 7.34. The summed E-state index contributed by atoms with van der Waals surface area (Å²) in [5.74, 6) is -0.374. The number of hydrogen-bond donors (Lipinski definition) is 1. The zero-order valence-corrected chi connectivity index (χ0v) is 8.75. The zero-order valence-electron chi connectivity index (χ0n) is 7.16. The summed E-state index contributed by atoms with van der Waals surface area (Å²) < 4.78 is 0. The van der Waals surface area contributed by atoms with Crippen LogP contribution >= 0.6 is 15.9 Å². The number of carbonyl (C=O) groups excluding carboxylic acids is 1. The van der Waals surface area contributed by atoms with E-state index in [9.17, 15) is 4.79 Å². The van der Waals surface area contributed by atoms with Crippen molar-refractivity contribution in [1.82, 2.24) is 0 Å². The molecule has 1 rings (SSSR count). The second-order valence-electron chi connectivity index (χ2n) is 2.63. The van der Waals surface area contributed by atoms with Crippen LogP contribution in [0.2, 0.25) is 0 Å². The molecule has 1 amide bonds. The monoisotopic (exact) mass is 240 g/mol. The average Bonchev–Trinajstić information content (AvgIpc) is 2.15. The van der Waals surface area contributed by atoms with Crippen molar-refractivity contribution < 1.29 is 4.79 Å². The Bertz CT molecular complexity index is 299. The van der Waals surface area contributed by atoms with E-state index in [1.54, 1.807) is 6.07 Å². The molecule has 0 unspecified atom stereocenters. The van der Waals surface area contributed by atoms with Gasteiger partial charge in [-0.15, -0.1) is 0 Å². The van der Waals surface area contributed by atoms with Gasteiger partial charge in [-0.2, -0.15) is 0 Å². The van der Waals surface area contributed by atoms with E-state index in [0.717, 1.165) is 17.3 Å². The second-order valence-corrected chi connectivity index (χ2v) is 3.43. The van der Waals surface area contributed by atoms with Gasteiger partial charge in [0, 0.05) is 10.9 Å². The average molecular weight is 241 g/mol. The summed E-state index contributed by atoms with van der Waals surface area (Å²) in [7, 11) is 0. The summed E-state index contributed by atoms with van der Waals surface area (Å²) >= 11 is 3.32. The molecule has 0 aromatic heterocycles. The molecule has 2 nitrogen and oxygen atoms in total. The fourth-order valence-corrected chi connectivity index (χ4v) is 1.34. The summed E-state index contributed by atoms with van der Waals surface area (Å²) in [6.45, 7) is 0. The van der Waals surface area contributed by atoms with Gasteiger partial charge in [-0.25, -0.2) is 0 Å². The van der Waals surface area contributed by atoms with Gasteiger partial charge in [0.2, 0.25) is 5.91 Å². The number of rotatable bonds is 4. The van der Waals surface area contributed by atoms with Gasteiger partial charge in [-0.1, -0.05) is 34.1 Å². The SMILES string of the molecule is NC(=O)c1ccccc1[CH]CCBr. The van der Waals surface area contributed by atoms with Gasteiger partial charge in [0.15, 0.2) is 0 Å². The first-order chi connectivity index (χ1) is 6.25. The maximum Gasteiger partial charge on any atom is 0.248 e. The lowest BCUT2D eigenvalue weighted by atomic mass is 10.0. The molecule has 0 saturated carbocycles. The van der Waals surface area contributed by atoms with Crippen LogP contribution in [-0.2, 0) is 0 Å². The smallest absolute Gasteiger partial charge is 0.248 e. The van der Waals surface area contributed by atoms with Crippen molar-refractivity contribution in [2.45, 2.75) is 6.42 Å². The van der Waals surface area contributed by atoms with Gasteiger partial charge in [0.1, 0.15) is 0 Å². The van der Waals surface area contributed by atoms with Crippen molar-refractivity contribution in [2.75, 3.05) is 5.33 Å². The molecule has 0 heterocycles. The predicted molar refractivity (Wildman–Crippen MR) is 56.8 cm³/mol. The Morgan fingerprint density at radius 2 is 2.15 bits per heavy atom. The normalized spacial score (nSPS) is 9.92. The Hall–Kier alpha value is -0.830. The van der Waals surface area contributed by atoms with E-state index in [4.69, 9.17) is 5.73 Å². The number of nitrogens with two attached hydrogens (primary N) is 1. The van der Waals surface area contributed by atoms with Crippen LogP contribution < -0.4 is 5.73 Å². The molecule has 0 spiro atoms. The standard InChI is InChI=1S/C10H11BrNO/c11-7-3-5-8-4-1-2-6-9(8)10(12)13/h1-2,4-6H,3,7H2,(H2,12,13). The molecule has 0 fully saturated rings. The van der Waals surface area contributed by atoms with Gasteiger partial charge in [-0.3, -0.25) is 4.79 Å². The summed E-state index contributed by atoms with van der Waals surface area (Å²) in [6.07, 6.45) is 2.89. The maximum atomic E-state index is 11.0. The number of alkyl halides is 1. The molecule has 1 radical (unpaired) electrons. The zero-order chi connectivity index (χ0) is 9.68. The van der Waals surface area contributed by atoms with Crippen LogP contribution in [-0.4, -0.2) is 11.2 Å². The van der Waals surface area contributed by atoms with Crippen molar-refractivity contribution in [3.8, 4) is 0 Å². The lowest BCUT2D eigenvalue weighted by Crippen LogP contribution is -2.13. The molecule has 1 aromatic carbocycles. The number of primary amides is 1. The number of hydrogen-bond acceptors (Lipinski definition) is 1. The van der Waals surface area contributed by atoms with E-state index in [2.05, 4.69) is 15.9 Å². The second kappa shape index (κ2) is 5.02. The topological polar surface area (TPSA) is 43.1 Å². The van der Waals surface area contributed by atoms with Crippen molar-refractivity contribution in [3.63, 3.8) is 0 Å². The van der Waals surface area contributed by atoms with E-state index >= 15 is 0 Å². The largest absolute Gasteiger partial charge is 0.366 e. The molecule has 0 atom stereocenters. The van der Waals surface area contributed by atoms with E-state index in [-0.39, 0.29) is 5.91 Å². The van der Waals surface area contributed by atoms with Gasteiger partial charge >= 0.3 is 0 Å². The van der Waals surface area contributed by atoms with Crippen molar-refractivity contribution in [2.24, 2.45) is 5.73 Å². The summed E-state index contributed by atoms with van der Waals surface area (Å²) in [4.78, 5) is 11.0. The van der Waals surface area contributed by atoms with Gasteiger partial charge in [-0.05, 0) is 24.5 Å². The highest BCUT2D eigenvalue weighted by Crippen LogP contribution is 2.12. The number of amides is 1. The maximum absolute atomic E-state index is 11.0. The lowest BCUT2D eigenvalue weighted by molar-refractivity contribution is 0.1000. The van der Waals surface area contributed by atoms with Crippen molar-refractivity contribution >= 4 is 21.8 Å². The molecule has 0 aliphatic heterocycles. The third kappa shape index (κ3) is 2.84. The quantitative estimate of drug-likeness (QED) is 0.806. The van der Waals surface area contributed by atoms with Gasteiger partial charge in [0.25, 0.3) is 0 Å². The molecular weight excluding hydrogens is 230 g/mol. The molecule has 0 saturated heterocycles. The van der Waals surface area contributed by atoms with E-state index in [1.165, 1.54) is 0 Å². The molecule has 2 N–H and O–H groups in total. The number of carbonyl (C=O) groups is 1. The Labute approximate surface area is 86.3 Å². The molecule has 69 valence electrons. The Balaban J connectivity index is 2.84. The van der Waals surface area contributed by atoms with Gasteiger partial charge < -0.3 is 5.73 Å². The first-order valence-corrected chi connectivity index (χ1v) is 5.16. The van der Waals surface area contributed by atoms with Crippen molar-refractivity contribution in [1.29, 1.82) is 0 Å². The molecule has 13 heavy (non-hydrogen) atoms. The third-order valence-electron chi connectivity index (χ3n) is 1.70. The van der Waals surface area contributed by atoms with E-state index in [0.29, 0.717) is 5.56 Å². The first-order valence-electron chi connectivity index (χ1n) is 4.03. The molecule has 3 heteroatoms. The minimum absolute atomic E-state index is 0.374. The fourth-order valence-electron chi connectivity index (χ4n) is 1.11. The van der Waals surface area contributed by atoms with Crippen LogP contribution in [0.3, 0.4) is 0 Å². The molecular formula is C10H11BrNO. The van der Waals surface area contributed by atoms with E-state index < -0.39 is 0 Å². The summed E-state index contributed by atoms with van der Waals surface area (Å²) in [5, 5.41) is 0.889. The van der Waals surface area contributed by atoms with Crippen LogP contribution in [0.1, 0.15) is 22.3 Å². The molecule has 0 aliphatic rings. The highest BCUT2D eigenvalue weighted by atomic mass is 79.9. The highest BCUT2D eigenvalue weighted by molar-refractivity contribution is 9.09. The third-order valence-corrected chi connectivity index (χ3v) is 2.16. The van der Waals surface area contributed by atoms with Crippen LogP contribution in [0.4, 0.5) is 0 Å². The predicted octanol–water partition coefficient (Wildman–Crippen LogP) is 2.12. The van der Waals surface area contributed by atoms with Crippen molar-refractivity contribution in [3.05, 3.63) is 41.8 Å². The van der Waals surface area contributed by atoms with Gasteiger partial charge in [0.05, 0.1) is 0 Å². The lowest BCUT2D eigenvalue weighted by Gasteiger charge is -2.03. The minimum atomic E-state index is -0.374. The Morgan fingerprint density at radius 1 is 1.46 bits per heavy atom. The van der Waals surface area contributed by atoms with Crippen LogP contribution in [0.15, 0.2) is 24.3 Å². The van der Waals surface area contributed by atoms with Crippen LogP contribution in [0.25, 0.3) is 0 Å². The molecule has 0 bridgehead atoms. The minimum Gasteiger partial charge on any atom is -0.366 e. The number of halogens is 1. The Morgan fingerprint density at radius 3 is 2.77 bits per heavy atom. The van der Waals surface area contributed by atoms with Crippen LogP contribution in [0.5, 0.6) is 0 Å². The first kappa shape index (κ1) is 10.3. The number of benzene rings is 1. The summed E-state index contributed by atoms with van der Waals surface area (Å²) in [5.41, 5.74) is 6.71. The van der Waals surface area contributed by atoms with E-state index in [1.807, 2.05) is 24.6 Å². The Kier molecular flexibility index (Phi) is 3.96. The molecule has 1 aromatic rings. The highest BCUT2D eigenvalue weighted by Gasteiger charge is 2.05. The molecule has 0 aliphatic carbocycles.